The summed E-state index contributed by atoms with van der Waals surface area (Å²) < 4.78 is 18.0. The van der Waals surface area contributed by atoms with Crippen molar-refractivity contribution in [3.8, 4) is 0 Å². The number of carboxylic acids is 1. The largest absolute Gasteiger partial charge is 0.481 e. The van der Waals surface area contributed by atoms with Crippen LogP contribution in [0.15, 0.2) is 22.7 Å². The summed E-state index contributed by atoms with van der Waals surface area (Å²) in [7, 11) is 0. The third-order valence-corrected chi connectivity index (χ3v) is 1.84. The number of aromatic nitrogens is 1. The lowest BCUT2D eigenvalue weighted by atomic mass is 10.1. The standard InChI is InChI=1S/C9H6FNO3/c10-5-2-1-3-7-9(5)6(11-14-7)4-8(12)13/h1-3H,4H2,(H,12,13). The average Bonchev–Trinajstić information content (AvgIpc) is 2.49. The van der Waals surface area contributed by atoms with Crippen LogP contribution >= 0.6 is 0 Å². The van der Waals surface area contributed by atoms with Crippen molar-refractivity contribution in [2.75, 3.05) is 0 Å². The van der Waals surface area contributed by atoms with Gasteiger partial charge in [0.05, 0.1) is 11.8 Å². The molecule has 72 valence electrons. The van der Waals surface area contributed by atoms with Gasteiger partial charge < -0.3 is 9.63 Å². The molecule has 0 fully saturated rings. The highest BCUT2D eigenvalue weighted by molar-refractivity contribution is 5.84. The van der Waals surface area contributed by atoms with Gasteiger partial charge in [0, 0.05) is 0 Å². The summed E-state index contributed by atoms with van der Waals surface area (Å²) in [6.07, 6.45) is -0.339. The number of fused-ring (bicyclic) bond motifs is 1. The Morgan fingerprint density at radius 3 is 3.07 bits per heavy atom. The molecule has 0 aliphatic heterocycles. The number of halogens is 1. The molecule has 0 atom stereocenters. The molecule has 4 nitrogen and oxygen atoms in total. The van der Waals surface area contributed by atoms with Gasteiger partial charge in [0.15, 0.2) is 5.58 Å². The minimum absolute atomic E-state index is 0.116. The van der Waals surface area contributed by atoms with Gasteiger partial charge in [-0.25, -0.2) is 4.39 Å². The Morgan fingerprint density at radius 2 is 2.36 bits per heavy atom. The first-order valence-electron chi connectivity index (χ1n) is 3.93. The monoisotopic (exact) mass is 195 g/mol. The van der Waals surface area contributed by atoms with E-state index in [1.807, 2.05) is 0 Å². The Kier molecular flexibility index (Phi) is 1.92. The molecule has 0 unspecified atom stereocenters. The lowest BCUT2D eigenvalue weighted by molar-refractivity contribution is -0.136. The van der Waals surface area contributed by atoms with E-state index in [1.165, 1.54) is 18.2 Å². The van der Waals surface area contributed by atoms with Crippen LogP contribution in [0.25, 0.3) is 11.0 Å². The van der Waals surface area contributed by atoms with E-state index in [9.17, 15) is 9.18 Å². The zero-order chi connectivity index (χ0) is 10.1. The van der Waals surface area contributed by atoms with Crippen LogP contribution in [-0.2, 0) is 11.2 Å². The molecule has 5 heteroatoms. The molecule has 0 saturated carbocycles. The number of hydrogen-bond acceptors (Lipinski definition) is 3. The van der Waals surface area contributed by atoms with Crippen molar-refractivity contribution >= 4 is 16.9 Å². The molecule has 2 rings (SSSR count). The Morgan fingerprint density at radius 1 is 1.57 bits per heavy atom. The van der Waals surface area contributed by atoms with Gasteiger partial charge in [0.25, 0.3) is 0 Å². The highest BCUT2D eigenvalue weighted by Gasteiger charge is 2.14. The van der Waals surface area contributed by atoms with Crippen LogP contribution in [-0.4, -0.2) is 16.2 Å². The van der Waals surface area contributed by atoms with E-state index in [1.54, 1.807) is 0 Å². The molecular weight excluding hydrogens is 189 g/mol. The molecule has 1 N–H and O–H groups in total. The normalized spacial score (nSPS) is 10.6. The molecule has 0 aliphatic carbocycles. The number of rotatable bonds is 2. The van der Waals surface area contributed by atoms with Crippen molar-refractivity contribution in [3.63, 3.8) is 0 Å². The highest BCUT2D eigenvalue weighted by Crippen LogP contribution is 2.21. The first-order chi connectivity index (χ1) is 6.68. The Bertz CT molecular complexity index is 492. The number of hydrogen-bond donors (Lipinski definition) is 1. The minimum Gasteiger partial charge on any atom is -0.481 e. The molecule has 0 saturated heterocycles. The van der Waals surface area contributed by atoms with Gasteiger partial charge >= 0.3 is 5.97 Å². The van der Waals surface area contributed by atoms with Crippen molar-refractivity contribution in [2.45, 2.75) is 6.42 Å². The summed E-state index contributed by atoms with van der Waals surface area (Å²) in [5.74, 6) is -1.58. The fourth-order valence-electron chi connectivity index (χ4n) is 1.27. The van der Waals surface area contributed by atoms with Crippen LogP contribution in [0.3, 0.4) is 0 Å². The maximum Gasteiger partial charge on any atom is 0.309 e. The van der Waals surface area contributed by atoms with E-state index in [4.69, 9.17) is 9.63 Å². The van der Waals surface area contributed by atoms with Crippen molar-refractivity contribution in [1.82, 2.24) is 5.16 Å². The number of nitrogens with zero attached hydrogens (tertiary/aromatic N) is 1. The molecule has 1 aromatic heterocycles. The van der Waals surface area contributed by atoms with E-state index in [2.05, 4.69) is 5.16 Å². The predicted octanol–water partition coefficient (Wildman–Crippen LogP) is 1.59. The van der Waals surface area contributed by atoms with E-state index < -0.39 is 11.8 Å². The second-order valence-corrected chi connectivity index (χ2v) is 2.81. The van der Waals surface area contributed by atoms with Crippen LogP contribution < -0.4 is 0 Å². The summed E-state index contributed by atoms with van der Waals surface area (Å²) >= 11 is 0. The minimum atomic E-state index is -1.07. The number of aliphatic carboxylic acids is 1. The Hall–Kier alpha value is -1.91. The third kappa shape index (κ3) is 1.32. The van der Waals surface area contributed by atoms with Gasteiger partial charge in [0.1, 0.15) is 11.5 Å². The molecule has 1 heterocycles. The molecule has 0 radical (unpaired) electrons. The summed E-state index contributed by atoms with van der Waals surface area (Å²) in [6, 6.07) is 4.26. The van der Waals surface area contributed by atoms with Crippen LogP contribution in [0.1, 0.15) is 5.69 Å². The smallest absolute Gasteiger partial charge is 0.309 e. The zero-order valence-corrected chi connectivity index (χ0v) is 7.03. The van der Waals surface area contributed by atoms with Gasteiger partial charge in [-0.2, -0.15) is 0 Å². The van der Waals surface area contributed by atoms with Crippen molar-refractivity contribution in [1.29, 1.82) is 0 Å². The molecular formula is C9H6FNO3. The zero-order valence-electron chi connectivity index (χ0n) is 7.03. The first kappa shape index (κ1) is 8.68. The van der Waals surface area contributed by atoms with E-state index in [0.717, 1.165) is 0 Å². The van der Waals surface area contributed by atoms with E-state index in [0.29, 0.717) is 0 Å². The van der Waals surface area contributed by atoms with Crippen LogP contribution in [0, 0.1) is 5.82 Å². The van der Waals surface area contributed by atoms with Gasteiger partial charge in [-0.15, -0.1) is 0 Å². The van der Waals surface area contributed by atoms with Crippen molar-refractivity contribution < 1.29 is 18.8 Å². The number of carboxylic acid groups (broad SMARTS) is 1. The SMILES string of the molecule is O=C(O)Cc1noc2cccc(F)c12. The fourth-order valence-corrected chi connectivity index (χ4v) is 1.27. The summed E-state index contributed by atoms with van der Waals surface area (Å²) in [5.41, 5.74) is 0.381. The second kappa shape index (κ2) is 3.10. The van der Waals surface area contributed by atoms with Crippen molar-refractivity contribution in [2.24, 2.45) is 0 Å². The topological polar surface area (TPSA) is 63.3 Å². The van der Waals surface area contributed by atoms with Gasteiger partial charge in [-0.3, -0.25) is 4.79 Å². The molecule has 14 heavy (non-hydrogen) atoms. The number of carbonyl (C=O) groups is 1. The first-order valence-corrected chi connectivity index (χ1v) is 3.93. The van der Waals surface area contributed by atoms with Gasteiger partial charge in [0.2, 0.25) is 0 Å². The predicted molar refractivity (Wildman–Crippen MR) is 45.3 cm³/mol. The van der Waals surface area contributed by atoms with E-state index in [-0.39, 0.29) is 23.1 Å². The molecule has 0 spiro atoms. The van der Waals surface area contributed by atoms with Crippen LogP contribution in [0.4, 0.5) is 4.39 Å². The number of benzene rings is 1. The quantitative estimate of drug-likeness (QED) is 0.790. The molecule has 2 aromatic rings. The van der Waals surface area contributed by atoms with Crippen molar-refractivity contribution in [3.05, 3.63) is 29.7 Å². The maximum absolute atomic E-state index is 13.2. The lowest BCUT2D eigenvalue weighted by Crippen LogP contribution is -2.00. The Balaban J connectivity index is 2.61. The maximum atomic E-state index is 13.2. The van der Waals surface area contributed by atoms with Crippen LogP contribution in [0.5, 0.6) is 0 Å². The van der Waals surface area contributed by atoms with Gasteiger partial charge in [-0.05, 0) is 12.1 Å². The highest BCUT2D eigenvalue weighted by atomic mass is 19.1. The molecule has 0 bridgehead atoms. The second-order valence-electron chi connectivity index (χ2n) is 2.81. The van der Waals surface area contributed by atoms with Gasteiger partial charge in [-0.1, -0.05) is 11.2 Å². The van der Waals surface area contributed by atoms with Crippen LogP contribution in [0.2, 0.25) is 0 Å². The third-order valence-electron chi connectivity index (χ3n) is 1.84. The summed E-state index contributed by atoms with van der Waals surface area (Å²) in [4.78, 5) is 10.4. The van der Waals surface area contributed by atoms with E-state index >= 15 is 0 Å². The molecule has 1 aromatic carbocycles. The molecule has 0 aliphatic rings. The Labute approximate surface area is 77.9 Å². The lowest BCUT2D eigenvalue weighted by Gasteiger charge is -1.91. The average molecular weight is 195 g/mol. The summed E-state index contributed by atoms with van der Waals surface area (Å²) in [5, 5.41) is 12.2. The molecule has 0 amide bonds. The fraction of sp³-hybridized carbons (Fsp3) is 0.111. The summed E-state index contributed by atoms with van der Waals surface area (Å²) in [6.45, 7) is 0.